The van der Waals surface area contributed by atoms with Gasteiger partial charge in [0, 0.05) is 12.0 Å². The van der Waals surface area contributed by atoms with Crippen molar-refractivity contribution in [3.8, 4) is 0 Å². The Morgan fingerprint density at radius 3 is 2.88 bits per heavy atom. The third-order valence-corrected chi connectivity index (χ3v) is 3.89. The molecule has 0 bridgehead atoms. The Morgan fingerprint density at radius 1 is 1.44 bits per heavy atom. The van der Waals surface area contributed by atoms with Crippen molar-refractivity contribution >= 4 is 28.9 Å². The molecule has 0 amide bonds. The molecule has 7 heteroatoms. The molecule has 84 valence electrons. The molecule has 0 atom stereocenters. The molecule has 2 aromatic heterocycles. The smallest absolute Gasteiger partial charge is 0.180 e. The van der Waals surface area contributed by atoms with Gasteiger partial charge in [-0.05, 0) is 18.7 Å². The molecule has 2 aromatic rings. The molecule has 0 saturated heterocycles. The Hall–Kier alpha value is -1.21. The zero-order valence-corrected chi connectivity index (χ0v) is 10.6. The molecular weight excluding hydrogens is 242 g/mol. The minimum Gasteiger partial charge on any atom is -0.383 e. The molecule has 0 fully saturated rings. The molecule has 2 N–H and O–H groups in total. The lowest BCUT2D eigenvalue weighted by Gasteiger charge is -2.06. The Kier molecular flexibility index (Phi) is 3.35. The molecule has 16 heavy (non-hydrogen) atoms. The summed E-state index contributed by atoms with van der Waals surface area (Å²) >= 11 is 2.96. The van der Waals surface area contributed by atoms with Crippen LogP contribution < -0.4 is 5.73 Å². The minimum atomic E-state index is 0.541. The number of hydrogen-bond donors (Lipinski definition) is 1. The van der Waals surface area contributed by atoms with Crippen LogP contribution in [0.2, 0.25) is 0 Å². The Bertz CT molecular complexity index is 483. The minimum absolute atomic E-state index is 0.541. The number of aryl methyl sites for hydroxylation is 1. The maximum atomic E-state index is 5.83. The van der Waals surface area contributed by atoms with Crippen LogP contribution in [0.25, 0.3) is 0 Å². The van der Waals surface area contributed by atoms with Crippen molar-refractivity contribution in [1.29, 1.82) is 0 Å². The molecule has 0 spiro atoms. The van der Waals surface area contributed by atoms with Crippen molar-refractivity contribution < 1.29 is 0 Å². The van der Waals surface area contributed by atoms with Gasteiger partial charge in [0.2, 0.25) is 0 Å². The Labute approximate surface area is 102 Å². The maximum absolute atomic E-state index is 5.83. The third kappa shape index (κ3) is 2.30. The summed E-state index contributed by atoms with van der Waals surface area (Å²) in [6.45, 7) is 3.92. The van der Waals surface area contributed by atoms with Gasteiger partial charge in [-0.25, -0.2) is 9.97 Å². The van der Waals surface area contributed by atoms with Crippen molar-refractivity contribution in [2.24, 2.45) is 0 Å². The molecule has 0 saturated carbocycles. The van der Waals surface area contributed by atoms with Gasteiger partial charge in [-0.15, -0.1) is 10.2 Å². The van der Waals surface area contributed by atoms with E-state index in [2.05, 4.69) is 20.2 Å². The van der Waals surface area contributed by atoms with Crippen molar-refractivity contribution in [2.45, 2.75) is 29.6 Å². The van der Waals surface area contributed by atoms with E-state index in [0.29, 0.717) is 5.82 Å². The highest BCUT2D eigenvalue weighted by molar-refractivity contribution is 8.01. The summed E-state index contributed by atoms with van der Waals surface area (Å²) in [6, 6.07) is 0. The predicted octanol–water partition coefficient (Wildman–Crippen LogP) is 1.93. The van der Waals surface area contributed by atoms with Crippen LogP contribution in [0, 0.1) is 6.92 Å². The van der Waals surface area contributed by atoms with Gasteiger partial charge in [0.15, 0.2) is 4.34 Å². The van der Waals surface area contributed by atoms with E-state index in [1.54, 1.807) is 5.51 Å². The lowest BCUT2D eigenvalue weighted by Crippen LogP contribution is -2.03. The number of nitrogen functional groups attached to an aromatic ring is 1. The van der Waals surface area contributed by atoms with Gasteiger partial charge in [0.1, 0.15) is 22.2 Å². The van der Waals surface area contributed by atoms with Crippen LogP contribution in [0.4, 0.5) is 5.82 Å². The number of rotatable bonds is 3. The standard InChI is InChI=1S/C9H11N5S2/c1-3-6-12-7(10)5(2)8(13-6)16-9-14-11-4-15-9/h4H,3H2,1-2H3,(H2,10,12,13). The first-order valence-corrected chi connectivity index (χ1v) is 6.47. The fourth-order valence-electron chi connectivity index (χ4n) is 1.11. The van der Waals surface area contributed by atoms with Gasteiger partial charge in [-0.3, -0.25) is 0 Å². The first kappa shape index (κ1) is 11.3. The summed E-state index contributed by atoms with van der Waals surface area (Å²) < 4.78 is 0.864. The summed E-state index contributed by atoms with van der Waals surface area (Å²) in [4.78, 5) is 8.64. The van der Waals surface area contributed by atoms with Crippen LogP contribution in [-0.4, -0.2) is 20.2 Å². The number of nitrogens with zero attached hydrogens (tertiary/aromatic N) is 4. The van der Waals surface area contributed by atoms with Crippen LogP contribution >= 0.6 is 23.1 Å². The van der Waals surface area contributed by atoms with E-state index in [9.17, 15) is 0 Å². The van der Waals surface area contributed by atoms with E-state index in [4.69, 9.17) is 5.73 Å². The van der Waals surface area contributed by atoms with Crippen molar-refractivity contribution in [3.63, 3.8) is 0 Å². The van der Waals surface area contributed by atoms with Gasteiger partial charge >= 0.3 is 0 Å². The number of aromatic nitrogens is 4. The monoisotopic (exact) mass is 253 g/mol. The van der Waals surface area contributed by atoms with Gasteiger partial charge in [-0.2, -0.15) is 0 Å². The molecule has 0 unspecified atom stereocenters. The van der Waals surface area contributed by atoms with Gasteiger partial charge < -0.3 is 5.73 Å². The summed E-state index contributed by atoms with van der Waals surface area (Å²) in [5.41, 5.74) is 8.43. The third-order valence-electron chi connectivity index (χ3n) is 2.03. The van der Waals surface area contributed by atoms with Gasteiger partial charge in [-0.1, -0.05) is 18.3 Å². The van der Waals surface area contributed by atoms with Crippen LogP contribution in [0.15, 0.2) is 14.9 Å². The second-order valence-corrected chi connectivity index (χ2v) is 5.18. The van der Waals surface area contributed by atoms with Crippen LogP contribution in [0.3, 0.4) is 0 Å². The molecule has 5 nitrogen and oxygen atoms in total. The topological polar surface area (TPSA) is 77.6 Å². The first-order valence-electron chi connectivity index (χ1n) is 4.77. The summed E-state index contributed by atoms with van der Waals surface area (Å²) in [7, 11) is 0. The second kappa shape index (κ2) is 4.75. The highest BCUT2D eigenvalue weighted by Crippen LogP contribution is 2.31. The maximum Gasteiger partial charge on any atom is 0.180 e. The second-order valence-electron chi connectivity index (χ2n) is 3.12. The van der Waals surface area contributed by atoms with E-state index in [1.807, 2.05) is 13.8 Å². The molecule has 0 aromatic carbocycles. The molecule has 2 heterocycles. The van der Waals surface area contributed by atoms with Crippen LogP contribution in [0.1, 0.15) is 18.3 Å². The van der Waals surface area contributed by atoms with E-state index in [1.165, 1.54) is 23.1 Å². The number of nitrogens with two attached hydrogens (primary N) is 1. The summed E-state index contributed by atoms with van der Waals surface area (Å²) in [5.74, 6) is 1.30. The number of anilines is 1. The van der Waals surface area contributed by atoms with Crippen molar-refractivity contribution in [1.82, 2.24) is 20.2 Å². The van der Waals surface area contributed by atoms with Crippen molar-refractivity contribution in [3.05, 3.63) is 16.9 Å². The fourth-order valence-corrected chi connectivity index (χ4v) is 2.61. The molecule has 0 aliphatic carbocycles. The normalized spacial score (nSPS) is 10.6. The molecule has 0 radical (unpaired) electrons. The lowest BCUT2D eigenvalue weighted by atomic mass is 10.3. The van der Waals surface area contributed by atoms with Crippen LogP contribution in [-0.2, 0) is 6.42 Å². The van der Waals surface area contributed by atoms with Gasteiger partial charge in [0.25, 0.3) is 0 Å². The number of hydrogen-bond acceptors (Lipinski definition) is 7. The van der Waals surface area contributed by atoms with E-state index < -0.39 is 0 Å². The molecular formula is C9H11N5S2. The largest absolute Gasteiger partial charge is 0.383 e. The van der Waals surface area contributed by atoms with E-state index >= 15 is 0 Å². The fraction of sp³-hybridized carbons (Fsp3) is 0.333. The average molecular weight is 253 g/mol. The highest BCUT2D eigenvalue weighted by Gasteiger charge is 2.10. The Morgan fingerprint density at radius 2 is 2.25 bits per heavy atom. The predicted molar refractivity (Wildman–Crippen MR) is 64.6 cm³/mol. The zero-order valence-electron chi connectivity index (χ0n) is 8.97. The lowest BCUT2D eigenvalue weighted by molar-refractivity contribution is 0.877. The van der Waals surface area contributed by atoms with E-state index in [-0.39, 0.29) is 0 Å². The molecule has 2 rings (SSSR count). The molecule has 0 aliphatic heterocycles. The van der Waals surface area contributed by atoms with E-state index in [0.717, 1.165) is 27.2 Å². The SMILES string of the molecule is CCc1nc(N)c(C)c(Sc2nncs2)n1. The summed E-state index contributed by atoms with van der Waals surface area (Å²) in [6.07, 6.45) is 0.772. The molecule has 0 aliphatic rings. The quantitative estimate of drug-likeness (QED) is 0.842. The van der Waals surface area contributed by atoms with Gasteiger partial charge in [0.05, 0.1) is 0 Å². The highest BCUT2D eigenvalue weighted by atomic mass is 32.2. The summed E-state index contributed by atoms with van der Waals surface area (Å²) in [5, 5.41) is 8.62. The Balaban J connectivity index is 2.36. The zero-order chi connectivity index (χ0) is 11.5. The van der Waals surface area contributed by atoms with Crippen molar-refractivity contribution in [2.75, 3.05) is 5.73 Å². The average Bonchev–Trinajstić information content (AvgIpc) is 2.77. The first-order chi connectivity index (χ1) is 7.70. The van der Waals surface area contributed by atoms with Crippen LogP contribution in [0.5, 0.6) is 0 Å².